The summed E-state index contributed by atoms with van der Waals surface area (Å²) in [7, 11) is 0. The van der Waals surface area contributed by atoms with Gasteiger partial charge >= 0.3 is 0 Å². The summed E-state index contributed by atoms with van der Waals surface area (Å²) in [6, 6.07) is 20.9. The topological polar surface area (TPSA) is 24.5 Å². The summed E-state index contributed by atoms with van der Waals surface area (Å²) in [4.78, 5) is 2.54. The number of piperidine rings is 1. The molecule has 3 nitrogen and oxygen atoms in total. The molecule has 1 atom stereocenters. The molecule has 2 aromatic rings. The number of ether oxygens (including phenoxy) is 1. The van der Waals surface area contributed by atoms with E-state index in [9.17, 15) is 0 Å². The van der Waals surface area contributed by atoms with E-state index in [1.165, 1.54) is 29.7 Å². The van der Waals surface area contributed by atoms with Gasteiger partial charge in [-0.3, -0.25) is 0 Å². The van der Waals surface area contributed by atoms with Gasteiger partial charge in [0.2, 0.25) is 0 Å². The molecule has 2 fully saturated rings. The van der Waals surface area contributed by atoms with Crippen molar-refractivity contribution in [2.45, 2.75) is 57.2 Å². The number of rotatable bonds is 4. The Hall–Kier alpha value is -1.84. The first-order valence-electron chi connectivity index (χ1n) is 10.4. The van der Waals surface area contributed by atoms with Gasteiger partial charge in [0.25, 0.3) is 0 Å². The Balaban J connectivity index is 1.34. The van der Waals surface area contributed by atoms with Gasteiger partial charge in [0, 0.05) is 37.5 Å². The van der Waals surface area contributed by atoms with Crippen molar-refractivity contribution in [3.05, 3.63) is 54.6 Å². The van der Waals surface area contributed by atoms with Crippen LogP contribution in [0.5, 0.6) is 0 Å². The third-order valence-electron chi connectivity index (χ3n) is 5.98. The number of hydrogen-bond acceptors (Lipinski definition) is 3. The van der Waals surface area contributed by atoms with Gasteiger partial charge in [0.15, 0.2) is 0 Å². The first-order chi connectivity index (χ1) is 13.1. The fraction of sp³-hybridized carbons (Fsp3) is 0.500. The summed E-state index contributed by atoms with van der Waals surface area (Å²) < 4.78 is 5.86. The van der Waals surface area contributed by atoms with E-state index in [-0.39, 0.29) is 5.60 Å². The predicted octanol–water partition coefficient (Wildman–Crippen LogP) is 4.87. The van der Waals surface area contributed by atoms with Crippen LogP contribution < -0.4 is 10.2 Å². The molecule has 0 radical (unpaired) electrons. The van der Waals surface area contributed by atoms with E-state index in [1.807, 2.05) is 0 Å². The molecular weight excluding hydrogens is 332 g/mol. The first-order valence-corrected chi connectivity index (χ1v) is 10.4. The van der Waals surface area contributed by atoms with Crippen LogP contribution in [0.3, 0.4) is 0 Å². The molecule has 0 aliphatic carbocycles. The van der Waals surface area contributed by atoms with Gasteiger partial charge in [0.05, 0.1) is 5.60 Å². The molecule has 1 N–H and O–H groups in total. The van der Waals surface area contributed by atoms with Gasteiger partial charge in [-0.15, -0.1) is 0 Å². The maximum atomic E-state index is 5.86. The lowest BCUT2D eigenvalue weighted by Crippen LogP contribution is -2.50. The number of anilines is 1. The lowest BCUT2D eigenvalue weighted by Gasteiger charge is -2.40. The second-order valence-electron chi connectivity index (χ2n) is 8.64. The molecule has 144 valence electrons. The average molecular weight is 365 g/mol. The van der Waals surface area contributed by atoms with Crippen LogP contribution in [0, 0.1) is 0 Å². The van der Waals surface area contributed by atoms with Crippen molar-refractivity contribution in [1.29, 1.82) is 0 Å². The van der Waals surface area contributed by atoms with Crippen molar-refractivity contribution in [3.63, 3.8) is 0 Å². The van der Waals surface area contributed by atoms with Crippen molar-refractivity contribution in [2.24, 2.45) is 0 Å². The van der Waals surface area contributed by atoms with E-state index in [0.29, 0.717) is 12.1 Å². The molecule has 3 heteroatoms. The van der Waals surface area contributed by atoms with Crippen LogP contribution in [0.15, 0.2) is 54.6 Å². The van der Waals surface area contributed by atoms with Crippen molar-refractivity contribution >= 4 is 5.69 Å². The van der Waals surface area contributed by atoms with Crippen LogP contribution in [0.1, 0.15) is 39.5 Å². The van der Waals surface area contributed by atoms with E-state index in [0.717, 1.165) is 32.5 Å². The van der Waals surface area contributed by atoms with Crippen LogP contribution in [-0.2, 0) is 4.74 Å². The monoisotopic (exact) mass is 364 g/mol. The average Bonchev–Trinajstić information content (AvgIpc) is 2.69. The van der Waals surface area contributed by atoms with Crippen LogP contribution in [-0.4, -0.2) is 37.4 Å². The van der Waals surface area contributed by atoms with E-state index in [4.69, 9.17) is 4.74 Å². The Morgan fingerprint density at radius 2 is 1.63 bits per heavy atom. The van der Waals surface area contributed by atoms with Crippen LogP contribution >= 0.6 is 0 Å². The lowest BCUT2D eigenvalue weighted by molar-refractivity contribution is -0.0644. The molecule has 0 amide bonds. The Kier molecular flexibility index (Phi) is 5.51. The highest BCUT2D eigenvalue weighted by atomic mass is 16.5. The zero-order chi connectivity index (χ0) is 18.7. The fourth-order valence-corrected chi connectivity index (χ4v) is 4.52. The standard InChI is InChI=1S/C24H32N2O/c1-24(2)18-22(13-16-27-24)25-21-11-14-26(15-12-21)23-10-6-9-20(17-23)19-7-4-3-5-8-19/h3-10,17,21-22,25H,11-16,18H2,1-2H3. The Morgan fingerprint density at radius 1 is 0.889 bits per heavy atom. The molecule has 2 saturated heterocycles. The SMILES string of the molecule is CC1(C)CC(NC2CCN(c3cccc(-c4ccccc4)c3)CC2)CCO1. The van der Waals surface area contributed by atoms with Crippen LogP contribution in [0.2, 0.25) is 0 Å². The maximum absolute atomic E-state index is 5.86. The van der Waals surface area contributed by atoms with Gasteiger partial charge in [0.1, 0.15) is 0 Å². The molecular formula is C24H32N2O. The highest BCUT2D eigenvalue weighted by molar-refractivity contribution is 5.68. The third kappa shape index (κ3) is 4.72. The molecule has 2 aliphatic rings. The molecule has 27 heavy (non-hydrogen) atoms. The second kappa shape index (κ2) is 8.04. The minimum absolute atomic E-state index is 0.0223. The molecule has 0 spiro atoms. The number of nitrogens with one attached hydrogen (secondary N) is 1. The highest BCUT2D eigenvalue weighted by Gasteiger charge is 2.30. The minimum atomic E-state index is 0.0223. The summed E-state index contributed by atoms with van der Waals surface area (Å²) in [6.07, 6.45) is 4.69. The van der Waals surface area contributed by atoms with Gasteiger partial charge in [-0.25, -0.2) is 0 Å². The van der Waals surface area contributed by atoms with Crippen molar-refractivity contribution < 1.29 is 4.74 Å². The van der Waals surface area contributed by atoms with E-state index in [1.54, 1.807) is 0 Å². The van der Waals surface area contributed by atoms with E-state index >= 15 is 0 Å². The van der Waals surface area contributed by atoms with Gasteiger partial charge in [-0.1, -0.05) is 42.5 Å². The van der Waals surface area contributed by atoms with Gasteiger partial charge in [-0.2, -0.15) is 0 Å². The first kappa shape index (κ1) is 18.5. The minimum Gasteiger partial charge on any atom is -0.375 e. The Morgan fingerprint density at radius 3 is 2.37 bits per heavy atom. The molecule has 4 rings (SSSR count). The molecule has 2 aliphatic heterocycles. The van der Waals surface area contributed by atoms with Crippen LogP contribution in [0.4, 0.5) is 5.69 Å². The van der Waals surface area contributed by atoms with Crippen molar-refractivity contribution in [2.75, 3.05) is 24.6 Å². The summed E-state index contributed by atoms with van der Waals surface area (Å²) >= 11 is 0. The fourth-order valence-electron chi connectivity index (χ4n) is 4.52. The normalized spacial score (nSPS) is 23.3. The smallest absolute Gasteiger partial charge is 0.0641 e. The Labute approximate surface area is 163 Å². The maximum Gasteiger partial charge on any atom is 0.0641 e. The summed E-state index contributed by atoms with van der Waals surface area (Å²) in [6.45, 7) is 7.56. The molecule has 2 aromatic carbocycles. The molecule has 2 heterocycles. The summed E-state index contributed by atoms with van der Waals surface area (Å²) in [5, 5.41) is 3.92. The zero-order valence-electron chi connectivity index (χ0n) is 16.7. The summed E-state index contributed by atoms with van der Waals surface area (Å²) in [5.74, 6) is 0. The molecule has 0 bridgehead atoms. The second-order valence-corrected chi connectivity index (χ2v) is 8.64. The number of nitrogens with zero attached hydrogens (tertiary/aromatic N) is 1. The molecule has 1 unspecified atom stereocenters. The zero-order valence-corrected chi connectivity index (χ0v) is 16.7. The molecule has 0 aromatic heterocycles. The lowest BCUT2D eigenvalue weighted by atomic mass is 9.92. The quantitative estimate of drug-likeness (QED) is 0.838. The number of benzene rings is 2. The van der Waals surface area contributed by atoms with E-state index < -0.39 is 0 Å². The van der Waals surface area contributed by atoms with Crippen molar-refractivity contribution in [1.82, 2.24) is 5.32 Å². The molecule has 0 saturated carbocycles. The number of hydrogen-bond donors (Lipinski definition) is 1. The largest absolute Gasteiger partial charge is 0.375 e. The highest BCUT2D eigenvalue weighted by Crippen LogP contribution is 2.28. The summed E-state index contributed by atoms with van der Waals surface area (Å²) in [5.41, 5.74) is 3.96. The Bertz CT molecular complexity index is 735. The van der Waals surface area contributed by atoms with Gasteiger partial charge in [-0.05, 0) is 62.8 Å². The van der Waals surface area contributed by atoms with E-state index in [2.05, 4.69) is 78.7 Å². The van der Waals surface area contributed by atoms with Gasteiger partial charge < -0.3 is 15.0 Å². The van der Waals surface area contributed by atoms with Crippen LogP contribution in [0.25, 0.3) is 11.1 Å². The third-order valence-corrected chi connectivity index (χ3v) is 5.98. The van der Waals surface area contributed by atoms with Crippen molar-refractivity contribution in [3.8, 4) is 11.1 Å². The predicted molar refractivity (Wildman–Crippen MR) is 113 cm³/mol.